The summed E-state index contributed by atoms with van der Waals surface area (Å²) in [6.45, 7) is 1.53. The Kier molecular flexibility index (Phi) is 6.20. The standard InChI is InChI=1S/C23H18F3N5O2S/c1-13(15-9-16(23(24,25)26)12-17(27)10-15)29-21(33)19-5-6-20(32)31(30-19)18-4-2-3-14(11-18)22-28-7-8-34-22/h2-13H,27H2,1H3,(H,29,33)/t13-/m1/s1. The molecule has 0 radical (unpaired) electrons. The summed E-state index contributed by atoms with van der Waals surface area (Å²) in [5, 5.41) is 9.35. The van der Waals surface area contributed by atoms with Crippen molar-refractivity contribution in [2.45, 2.75) is 19.1 Å². The fraction of sp³-hybridized carbons (Fsp3) is 0.130. The highest BCUT2D eigenvalue weighted by Crippen LogP contribution is 2.32. The van der Waals surface area contributed by atoms with Gasteiger partial charge in [0.25, 0.3) is 11.5 Å². The van der Waals surface area contributed by atoms with E-state index in [2.05, 4.69) is 15.4 Å². The Bertz CT molecular complexity index is 1400. The van der Waals surface area contributed by atoms with Crippen LogP contribution in [0.3, 0.4) is 0 Å². The molecule has 4 rings (SSSR count). The van der Waals surface area contributed by atoms with Crippen LogP contribution in [0.2, 0.25) is 0 Å². The number of rotatable bonds is 5. The van der Waals surface area contributed by atoms with Gasteiger partial charge in [-0.15, -0.1) is 11.3 Å². The molecule has 2 aromatic heterocycles. The van der Waals surface area contributed by atoms with Gasteiger partial charge in [0.05, 0.1) is 17.3 Å². The number of alkyl halides is 3. The number of halogens is 3. The van der Waals surface area contributed by atoms with E-state index in [1.807, 2.05) is 11.4 Å². The minimum Gasteiger partial charge on any atom is -0.399 e. The molecule has 0 bridgehead atoms. The second-order valence-electron chi connectivity index (χ2n) is 7.44. The Balaban J connectivity index is 1.60. The van der Waals surface area contributed by atoms with Gasteiger partial charge in [-0.3, -0.25) is 9.59 Å². The second kappa shape index (κ2) is 9.10. The van der Waals surface area contributed by atoms with Crippen molar-refractivity contribution in [3.63, 3.8) is 0 Å². The van der Waals surface area contributed by atoms with Crippen molar-refractivity contribution in [1.82, 2.24) is 20.1 Å². The van der Waals surface area contributed by atoms with E-state index in [1.54, 1.807) is 24.4 Å². The third-order valence-corrected chi connectivity index (χ3v) is 5.78. The largest absolute Gasteiger partial charge is 0.416 e. The first-order chi connectivity index (χ1) is 16.1. The van der Waals surface area contributed by atoms with Gasteiger partial charge in [-0.05, 0) is 48.9 Å². The van der Waals surface area contributed by atoms with Crippen molar-refractivity contribution in [2.24, 2.45) is 0 Å². The lowest BCUT2D eigenvalue weighted by molar-refractivity contribution is -0.137. The van der Waals surface area contributed by atoms with Crippen molar-refractivity contribution in [3.05, 3.63) is 93.3 Å². The topological polar surface area (TPSA) is 103 Å². The van der Waals surface area contributed by atoms with Crippen molar-refractivity contribution < 1.29 is 18.0 Å². The highest BCUT2D eigenvalue weighted by molar-refractivity contribution is 7.13. The van der Waals surface area contributed by atoms with Crippen molar-refractivity contribution >= 4 is 22.9 Å². The average Bonchev–Trinajstić information content (AvgIpc) is 3.33. The number of carbonyl (C=O) groups excluding carboxylic acids is 1. The van der Waals surface area contributed by atoms with Gasteiger partial charge >= 0.3 is 6.18 Å². The molecule has 0 spiro atoms. The van der Waals surface area contributed by atoms with Gasteiger partial charge in [-0.25, -0.2) is 4.98 Å². The number of aromatic nitrogens is 3. The zero-order chi connectivity index (χ0) is 24.5. The van der Waals surface area contributed by atoms with E-state index in [0.717, 1.165) is 27.4 Å². The maximum Gasteiger partial charge on any atom is 0.416 e. The molecule has 11 heteroatoms. The first kappa shape index (κ1) is 23.2. The van der Waals surface area contributed by atoms with E-state index in [-0.39, 0.29) is 16.9 Å². The lowest BCUT2D eigenvalue weighted by Crippen LogP contribution is -2.30. The molecule has 1 amide bonds. The number of benzene rings is 2. The average molecular weight is 485 g/mol. The number of carbonyl (C=O) groups is 1. The Labute approximate surface area is 195 Å². The number of anilines is 1. The second-order valence-corrected chi connectivity index (χ2v) is 8.33. The summed E-state index contributed by atoms with van der Waals surface area (Å²) >= 11 is 1.44. The van der Waals surface area contributed by atoms with E-state index < -0.39 is 29.2 Å². The fourth-order valence-electron chi connectivity index (χ4n) is 3.30. The van der Waals surface area contributed by atoms with Crippen LogP contribution in [0.15, 0.2) is 71.0 Å². The maximum atomic E-state index is 13.1. The van der Waals surface area contributed by atoms with Crippen molar-refractivity contribution in [1.29, 1.82) is 0 Å². The Morgan fingerprint density at radius 3 is 2.65 bits per heavy atom. The van der Waals surface area contributed by atoms with Gasteiger partial charge in [0.15, 0.2) is 0 Å². The highest BCUT2D eigenvalue weighted by atomic mass is 32.1. The van der Waals surface area contributed by atoms with Crippen LogP contribution >= 0.6 is 11.3 Å². The minimum absolute atomic E-state index is 0.0716. The van der Waals surface area contributed by atoms with Crippen LogP contribution < -0.4 is 16.6 Å². The van der Waals surface area contributed by atoms with Gasteiger partial charge in [0, 0.05) is 28.9 Å². The normalized spacial score (nSPS) is 12.4. The molecule has 7 nitrogen and oxygen atoms in total. The number of nitrogens with one attached hydrogen (secondary N) is 1. The Hall–Kier alpha value is -3.99. The van der Waals surface area contributed by atoms with E-state index in [1.165, 1.54) is 36.5 Å². The van der Waals surface area contributed by atoms with Gasteiger partial charge < -0.3 is 11.1 Å². The van der Waals surface area contributed by atoms with Crippen molar-refractivity contribution in [2.75, 3.05) is 5.73 Å². The van der Waals surface area contributed by atoms with E-state index in [4.69, 9.17) is 5.73 Å². The summed E-state index contributed by atoms with van der Waals surface area (Å²) in [5.74, 6) is -0.659. The molecule has 3 N–H and O–H groups in total. The summed E-state index contributed by atoms with van der Waals surface area (Å²) in [5.41, 5.74) is 5.51. The summed E-state index contributed by atoms with van der Waals surface area (Å²) in [7, 11) is 0. The third-order valence-electron chi connectivity index (χ3n) is 4.96. The van der Waals surface area contributed by atoms with E-state index in [0.29, 0.717) is 5.69 Å². The lowest BCUT2D eigenvalue weighted by atomic mass is 10.0. The summed E-state index contributed by atoms with van der Waals surface area (Å²) in [6.07, 6.45) is -2.90. The van der Waals surface area contributed by atoms with Crippen LogP contribution in [-0.4, -0.2) is 20.7 Å². The van der Waals surface area contributed by atoms with E-state index in [9.17, 15) is 22.8 Å². The summed E-state index contributed by atoms with van der Waals surface area (Å²) in [4.78, 5) is 29.5. The number of nitrogen functional groups attached to an aromatic ring is 1. The molecule has 1 atom stereocenters. The van der Waals surface area contributed by atoms with Gasteiger partial charge in [0.1, 0.15) is 10.7 Å². The molecule has 0 fully saturated rings. The number of thiazole rings is 1. The summed E-state index contributed by atoms with van der Waals surface area (Å²) < 4.78 is 40.4. The molecule has 4 aromatic rings. The third kappa shape index (κ3) is 4.99. The smallest absolute Gasteiger partial charge is 0.399 e. The molecule has 0 aliphatic heterocycles. The Morgan fingerprint density at radius 1 is 1.15 bits per heavy atom. The van der Waals surface area contributed by atoms with E-state index >= 15 is 0 Å². The predicted octanol–water partition coefficient (Wildman–Crippen LogP) is 4.45. The zero-order valence-corrected chi connectivity index (χ0v) is 18.5. The van der Waals surface area contributed by atoms with Crippen LogP contribution in [0.25, 0.3) is 16.3 Å². The lowest BCUT2D eigenvalue weighted by Gasteiger charge is -2.17. The molecular weight excluding hydrogens is 467 g/mol. The van der Waals surface area contributed by atoms with Crippen LogP contribution in [0.1, 0.15) is 34.6 Å². The molecule has 0 saturated heterocycles. The molecule has 0 unspecified atom stereocenters. The molecule has 0 saturated carbocycles. The summed E-state index contributed by atoms with van der Waals surface area (Å²) in [6, 6.07) is 11.8. The SMILES string of the molecule is C[C@@H](NC(=O)c1ccc(=O)n(-c2cccc(-c3nccs3)c2)n1)c1cc(N)cc(C(F)(F)F)c1. The number of hydrogen-bond donors (Lipinski definition) is 2. The number of nitrogens with zero attached hydrogens (tertiary/aromatic N) is 3. The van der Waals surface area contributed by atoms with Gasteiger partial charge in [0.2, 0.25) is 0 Å². The number of hydrogen-bond acceptors (Lipinski definition) is 6. The fourth-order valence-corrected chi connectivity index (χ4v) is 3.93. The van der Waals surface area contributed by atoms with Crippen molar-refractivity contribution in [3.8, 4) is 16.3 Å². The quantitative estimate of drug-likeness (QED) is 0.407. The first-order valence-corrected chi connectivity index (χ1v) is 10.9. The minimum atomic E-state index is -4.57. The predicted molar refractivity (Wildman–Crippen MR) is 123 cm³/mol. The van der Waals surface area contributed by atoms with Crippen LogP contribution in [0, 0.1) is 0 Å². The van der Waals surface area contributed by atoms with Gasteiger partial charge in [-0.1, -0.05) is 12.1 Å². The molecular formula is C23H18F3N5O2S. The monoisotopic (exact) mass is 485 g/mol. The molecule has 2 heterocycles. The highest BCUT2D eigenvalue weighted by Gasteiger charge is 2.31. The molecule has 2 aromatic carbocycles. The molecule has 0 aliphatic carbocycles. The molecule has 34 heavy (non-hydrogen) atoms. The van der Waals surface area contributed by atoms with Crippen LogP contribution in [0.5, 0.6) is 0 Å². The number of amides is 1. The zero-order valence-electron chi connectivity index (χ0n) is 17.7. The maximum absolute atomic E-state index is 13.1. The van der Waals surface area contributed by atoms with Crippen LogP contribution in [-0.2, 0) is 6.18 Å². The van der Waals surface area contributed by atoms with Gasteiger partial charge in [-0.2, -0.15) is 23.0 Å². The Morgan fingerprint density at radius 2 is 1.94 bits per heavy atom. The number of nitrogens with two attached hydrogens (primary N) is 1. The van der Waals surface area contributed by atoms with Crippen LogP contribution in [0.4, 0.5) is 18.9 Å². The molecule has 0 aliphatic rings. The molecule has 174 valence electrons. The first-order valence-electron chi connectivity index (χ1n) is 10.0.